The number of piperidine rings is 1. The van der Waals surface area contributed by atoms with Crippen molar-refractivity contribution in [3.8, 4) is 0 Å². The quantitative estimate of drug-likeness (QED) is 0.882. The highest BCUT2D eigenvalue weighted by Gasteiger charge is 2.31. The third-order valence-corrected chi connectivity index (χ3v) is 5.29. The number of aliphatic hydroxyl groups excluding tert-OH is 1. The zero-order chi connectivity index (χ0) is 17.1. The molecule has 0 spiro atoms. The highest BCUT2D eigenvalue weighted by atomic mass is 32.1. The summed E-state index contributed by atoms with van der Waals surface area (Å²) in [6, 6.07) is -0.0976. The summed E-state index contributed by atoms with van der Waals surface area (Å²) in [4.78, 5) is 23.8. The molecule has 2 unspecified atom stereocenters. The lowest BCUT2D eigenvalue weighted by molar-refractivity contribution is 0.0532. The number of aliphatic hydroxyl groups is 1. The molecular formula is C16H23N5O2S. The van der Waals surface area contributed by atoms with E-state index in [1.807, 2.05) is 30.9 Å². The number of nitrogens with one attached hydrogen (secondary N) is 1. The van der Waals surface area contributed by atoms with Crippen LogP contribution >= 0.6 is 11.3 Å². The van der Waals surface area contributed by atoms with E-state index < -0.39 is 6.10 Å². The van der Waals surface area contributed by atoms with Crippen molar-refractivity contribution in [3.05, 3.63) is 34.3 Å². The number of aryl methyl sites for hydroxylation is 2. The molecule has 1 saturated heterocycles. The molecule has 3 rings (SSSR count). The fraction of sp³-hybridized carbons (Fsp3) is 0.562. The standard InChI is InChI=1S/C16H23N5O2S/c1-11-8-18-13(24-11)9-19-16(23)21-6-3-4-12(10-21)14(22)15-17-5-7-20(15)2/h5,7-8,12,14,22H,3-4,6,9-10H2,1-2H3,(H,19,23). The number of carbonyl (C=O) groups excluding carboxylic acids is 1. The maximum absolute atomic E-state index is 12.4. The van der Waals surface area contributed by atoms with Crippen molar-refractivity contribution in [1.82, 2.24) is 24.8 Å². The third-order valence-electron chi connectivity index (χ3n) is 4.37. The minimum absolute atomic E-state index is 0.00714. The average molecular weight is 349 g/mol. The Kier molecular flexibility index (Phi) is 5.15. The van der Waals surface area contributed by atoms with Gasteiger partial charge in [0.2, 0.25) is 0 Å². The normalized spacial score (nSPS) is 19.3. The molecule has 0 aliphatic carbocycles. The molecule has 0 radical (unpaired) electrons. The Morgan fingerprint density at radius 3 is 3.04 bits per heavy atom. The summed E-state index contributed by atoms with van der Waals surface area (Å²) in [5.41, 5.74) is 0. The molecular weight excluding hydrogens is 326 g/mol. The molecule has 1 fully saturated rings. The maximum atomic E-state index is 12.4. The number of hydrogen-bond donors (Lipinski definition) is 2. The largest absolute Gasteiger partial charge is 0.385 e. The number of hydrogen-bond acceptors (Lipinski definition) is 5. The smallest absolute Gasteiger partial charge is 0.317 e. The second kappa shape index (κ2) is 7.31. The first-order chi connectivity index (χ1) is 11.5. The lowest BCUT2D eigenvalue weighted by Crippen LogP contribution is -2.46. The van der Waals surface area contributed by atoms with Crippen LogP contribution in [0.1, 0.15) is 34.7 Å². The highest BCUT2D eigenvalue weighted by molar-refractivity contribution is 7.11. The fourth-order valence-corrected chi connectivity index (χ4v) is 3.80. The number of nitrogens with zero attached hydrogens (tertiary/aromatic N) is 4. The van der Waals surface area contributed by atoms with Crippen LogP contribution in [0.2, 0.25) is 0 Å². The van der Waals surface area contributed by atoms with Crippen LogP contribution in [0, 0.1) is 12.8 Å². The summed E-state index contributed by atoms with van der Waals surface area (Å²) in [7, 11) is 1.87. The molecule has 0 aromatic carbocycles. The summed E-state index contributed by atoms with van der Waals surface area (Å²) in [6.45, 7) is 3.70. The van der Waals surface area contributed by atoms with Gasteiger partial charge in [-0.1, -0.05) is 0 Å². The van der Waals surface area contributed by atoms with Crippen LogP contribution in [-0.2, 0) is 13.6 Å². The zero-order valence-electron chi connectivity index (χ0n) is 14.0. The molecule has 0 bridgehead atoms. The number of thiazole rings is 1. The lowest BCUT2D eigenvalue weighted by atomic mass is 9.92. The van der Waals surface area contributed by atoms with Crippen molar-refractivity contribution < 1.29 is 9.90 Å². The minimum atomic E-state index is -0.651. The van der Waals surface area contributed by atoms with Crippen LogP contribution in [0.15, 0.2) is 18.6 Å². The Hall–Kier alpha value is -1.93. The molecule has 8 heteroatoms. The van der Waals surface area contributed by atoms with Gasteiger partial charge in [-0.15, -0.1) is 11.3 Å². The summed E-state index contributed by atoms with van der Waals surface area (Å²) in [6.07, 6.45) is 6.44. The predicted octanol–water partition coefficient (Wildman–Crippen LogP) is 1.84. The topological polar surface area (TPSA) is 83.3 Å². The average Bonchev–Trinajstić information content (AvgIpc) is 3.20. The number of urea groups is 1. The Bertz CT molecular complexity index is 698. The van der Waals surface area contributed by atoms with E-state index in [1.165, 1.54) is 0 Å². The Balaban J connectivity index is 1.56. The number of likely N-dealkylation sites (tertiary alicyclic amines) is 1. The number of aromatic nitrogens is 3. The molecule has 1 aliphatic heterocycles. The molecule has 2 atom stereocenters. The molecule has 0 saturated carbocycles. The number of rotatable bonds is 4. The molecule has 2 N–H and O–H groups in total. The first-order valence-electron chi connectivity index (χ1n) is 8.14. The number of carbonyl (C=O) groups is 1. The summed E-state index contributed by atoms with van der Waals surface area (Å²) in [5, 5.41) is 14.4. The van der Waals surface area contributed by atoms with E-state index in [1.54, 1.807) is 22.4 Å². The molecule has 2 aromatic heterocycles. The monoisotopic (exact) mass is 349 g/mol. The second-order valence-corrected chi connectivity index (χ2v) is 7.53. The van der Waals surface area contributed by atoms with Gasteiger partial charge in [-0.25, -0.2) is 14.8 Å². The van der Waals surface area contributed by atoms with E-state index in [-0.39, 0.29) is 11.9 Å². The molecule has 3 heterocycles. The van der Waals surface area contributed by atoms with Crippen molar-refractivity contribution in [2.75, 3.05) is 13.1 Å². The van der Waals surface area contributed by atoms with Crippen LogP contribution in [0.5, 0.6) is 0 Å². The van der Waals surface area contributed by atoms with Gasteiger partial charge in [0.05, 0.1) is 6.54 Å². The van der Waals surface area contributed by atoms with Crippen LogP contribution in [-0.4, -0.2) is 43.7 Å². The van der Waals surface area contributed by atoms with E-state index in [0.29, 0.717) is 25.5 Å². The van der Waals surface area contributed by atoms with Gasteiger partial charge in [-0.3, -0.25) is 0 Å². The van der Waals surface area contributed by atoms with Crippen molar-refractivity contribution in [1.29, 1.82) is 0 Å². The van der Waals surface area contributed by atoms with Gasteiger partial charge >= 0.3 is 6.03 Å². The van der Waals surface area contributed by atoms with Gasteiger partial charge in [-0.2, -0.15) is 0 Å². The van der Waals surface area contributed by atoms with Gasteiger partial charge in [0, 0.05) is 49.5 Å². The summed E-state index contributed by atoms with van der Waals surface area (Å²) >= 11 is 1.59. The van der Waals surface area contributed by atoms with Gasteiger partial charge in [0.25, 0.3) is 0 Å². The zero-order valence-corrected chi connectivity index (χ0v) is 14.8. The Morgan fingerprint density at radius 2 is 2.38 bits per heavy atom. The molecule has 130 valence electrons. The van der Waals surface area contributed by atoms with E-state index >= 15 is 0 Å². The Morgan fingerprint density at radius 1 is 1.54 bits per heavy atom. The first-order valence-corrected chi connectivity index (χ1v) is 8.95. The fourth-order valence-electron chi connectivity index (χ4n) is 3.07. The molecule has 1 aliphatic rings. The van der Waals surface area contributed by atoms with Crippen molar-refractivity contribution in [3.63, 3.8) is 0 Å². The van der Waals surface area contributed by atoms with E-state index in [9.17, 15) is 9.90 Å². The maximum Gasteiger partial charge on any atom is 0.317 e. The molecule has 7 nitrogen and oxygen atoms in total. The van der Waals surface area contributed by atoms with Crippen molar-refractivity contribution >= 4 is 17.4 Å². The summed E-state index contributed by atoms with van der Waals surface area (Å²) in [5.74, 6) is 0.660. The van der Waals surface area contributed by atoms with Crippen LogP contribution in [0.25, 0.3) is 0 Å². The Labute approximate surface area is 145 Å². The molecule has 24 heavy (non-hydrogen) atoms. The van der Waals surface area contributed by atoms with E-state index in [2.05, 4.69) is 15.3 Å². The lowest BCUT2D eigenvalue weighted by Gasteiger charge is -2.34. The van der Waals surface area contributed by atoms with Crippen LogP contribution < -0.4 is 5.32 Å². The number of amides is 2. The highest BCUT2D eigenvalue weighted by Crippen LogP contribution is 2.28. The van der Waals surface area contributed by atoms with Gasteiger partial charge in [0.15, 0.2) is 0 Å². The third kappa shape index (κ3) is 3.76. The van der Waals surface area contributed by atoms with Crippen LogP contribution in [0.4, 0.5) is 4.79 Å². The van der Waals surface area contributed by atoms with Crippen molar-refractivity contribution in [2.24, 2.45) is 13.0 Å². The van der Waals surface area contributed by atoms with Gasteiger partial charge in [0.1, 0.15) is 16.9 Å². The van der Waals surface area contributed by atoms with E-state index in [4.69, 9.17) is 0 Å². The summed E-state index contributed by atoms with van der Waals surface area (Å²) < 4.78 is 1.83. The van der Waals surface area contributed by atoms with Crippen molar-refractivity contribution in [2.45, 2.75) is 32.4 Å². The second-order valence-electron chi connectivity index (χ2n) is 6.21. The number of imidazole rings is 1. The predicted molar refractivity (Wildman–Crippen MR) is 91.6 cm³/mol. The van der Waals surface area contributed by atoms with Gasteiger partial charge in [-0.05, 0) is 19.8 Å². The SMILES string of the molecule is Cc1cnc(CNC(=O)N2CCCC(C(O)c3nccn3C)C2)s1. The van der Waals surface area contributed by atoms with Gasteiger partial charge < -0.3 is 19.9 Å². The minimum Gasteiger partial charge on any atom is -0.385 e. The van der Waals surface area contributed by atoms with Crippen LogP contribution in [0.3, 0.4) is 0 Å². The molecule has 2 amide bonds. The van der Waals surface area contributed by atoms with E-state index in [0.717, 1.165) is 22.7 Å². The molecule has 2 aromatic rings. The first kappa shape index (κ1) is 16.9.